The molecule has 0 bridgehead atoms. The zero-order valence-corrected chi connectivity index (χ0v) is 14.6. The molecule has 2 aromatic heterocycles. The number of nitrogens with two attached hydrogens (primary N) is 1. The Kier molecular flexibility index (Phi) is 4.90. The first-order valence-electron chi connectivity index (χ1n) is 7.77. The molecule has 1 amide bonds. The predicted molar refractivity (Wildman–Crippen MR) is 102 cm³/mol. The van der Waals surface area contributed by atoms with Crippen LogP contribution in [0.15, 0.2) is 54.4 Å². The number of anilines is 2. The summed E-state index contributed by atoms with van der Waals surface area (Å²) < 4.78 is 0. The molecule has 5 nitrogen and oxygen atoms in total. The molecule has 126 valence electrons. The summed E-state index contributed by atoms with van der Waals surface area (Å²) in [4.78, 5) is 21.5. The van der Waals surface area contributed by atoms with Crippen molar-refractivity contribution in [1.82, 2.24) is 9.97 Å². The van der Waals surface area contributed by atoms with Crippen molar-refractivity contribution in [3.63, 3.8) is 0 Å². The summed E-state index contributed by atoms with van der Waals surface area (Å²) >= 11 is 1.60. The highest BCUT2D eigenvalue weighted by Crippen LogP contribution is 2.28. The van der Waals surface area contributed by atoms with Crippen molar-refractivity contribution in [3.8, 4) is 10.7 Å². The van der Waals surface area contributed by atoms with Crippen molar-refractivity contribution in [1.29, 1.82) is 0 Å². The number of amides is 1. The number of nitrogens with zero attached hydrogens (tertiary/aromatic N) is 2. The molecule has 0 aliphatic carbocycles. The van der Waals surface area contributed by atoms with Gasteiger partial charge in [0.15, 0.2) is 5.82 Å². The van der Waals surface area contributed by atoms with Gasteiger partial charge in [0, 0.05) is 22.5 Å². The second-order valence-corrected chi connectivity index (χ2v) is 6.44. The number of hydrogen-bond acceptors (Lipinski definition) is 5. The quantitative estimate of drug-likeness (QED) is 0.656. The maximum absolute atomic E-state index is 11.2. The SMILES string of the molecule is C=CCc1c(C)nc(-c2cccs2)nc1Nc1ccc(C(N)=O)cc1. The third-order valence-electron chi connectivity index (χ3n) is 3.74. The van der Waals surface area contributed by atoms with Crippen LogP contribution >= 0.6 is 11.3 Å². The summed E-state index contributed by atoms with van der Waals surface area (Å²) in [5, 5.41) is 5.32. The summed E-state index contributed by atoms with van der Waals surface area (Å²) in [6.07, 6.45) is 2.50. The number of primary amides is 1. The summed E-state index contributed by atoms with van der Waals surface area (Å²) in [5.41, 5.74) is 8.48. The fourth-order valence-electron chi connectivity index (χ4n) is 2.46. The highest BCUT2D eigenvalue weighted by Gasteiger charge is 2.13. The molecule has 3 N–H and O–H groups in total. The highest BCUT2D eigenvalue weighted by atomic mass is 32.1. The van der Waals surface area contributed by atoms with Gasteiger partial charge in [-0.25, -0.2) is 9.97 Å². The lowest BCUT2D eigenvalue weighted by atomic mass is 10.1. The minimum absolute atomic E-state index is 0.447. The summed E-state index contributed by atoms with van der Waals surface area (Å²) in [6.45, 7) is 5.79. The van der Waals surface area contributed by atoms with Crippen molar-refractivity contribution in [2.24, 2.45) is 5.73 Å². The van der Waals surface area contributed by atoms with Gasteiger partial charge in [0.05, 0.1) is 4.88 Å². The summed E-state index contributed by atoms with van der Waals surface area (Å²) in [5.74, 6) is 0.982. The zero-order chi connectivity index (χ0) is 17.8. The van der Waals surface area contributed by atoms with E-state index in [0.717, 1.165) is 27.6 Å². The van der Waals surface area contributed by atoms with Gasteiger partial charge in [-0.3, -0.25) is 4.79 Å². The molecular weight excluding hydrogens is 332 g/mol. The van der Waals surface area contributed by atoms with E-state index in [9.17, 15) is 4.79 Å². The number of carbonyl (C=O) groups is 1. The van der Waals surface area contributed by atoms with Crippen LogP contribution in [0.25, 0.3) is 10.7 Å². The van der Waals surface area contributed by atoms with Gasteiger partial charge in [0.1, 0.15) is 5.82 Å². The van der Waals surface area contributed by atoms with Crippen LogP contribution in [-0.4, -0.2) is 15.9 Å². The molecule has 0 saturated heterocycles. The number of allylic oxidation sites excluding steroid dienone is 1. The maximum Gasteiger partial charge on any atom is 0.248 e. The first-order chi connectivity index (χ1) is 12.1. The Hall–Kier alpha value is -2.99. The molecule has 2 heterocycles. The van der Waals surface area contributed by atoms with E-state index in [4.69, 9.17) is 10.7 Å². The lowest BCUT2D eigenvalue weighted by molar-refractivity contribution is 0.100. The van der Waals surface area contributed by atoms with Gasteiger partial charge >= 0.3 is 0 Å². The topological polar surface area (TPSA) is 80.9 Å². The Morgan fingerprint density at radius 1 is 1.28 bits per heavy atom. The molecule has 0 atom stereocenters. The van der Waals surface area contributed by atoms with E-state index in [0.29, 0.717) is 17.8 Å². The van der Waals surface area contributed by atoms with Gasteiger partial charge in [-0.15, -0.1) is 17.9 Å². The number of nitrogens with one attached hydrogen (secondary N) is 1. The Labute approximate surface area is 150 Å². The Bertz CT molecular complexity index is 902. The van der Waals surface area contributed by atoms with E-state index < -0.39 is 5.91 Å². The largest absolute Gasteiger partial charge is 0.366 e. The second-order valence-electron chi connectivity index (χ2n) is 5.50. The molecule has 0 radical (unpaired) electrons. The molecule has 0 fully saturated rings. The average molecular weight is 350 g/mol. The Morgan fingerprint density at radius 3 is 2.64 bits per heavy atom. The first kappa shape index (κ1) is 16.9. The van der Waals surface area contributed by atoms with Crippen molar-refractivity contribution < 1.29 is 4.79 Å². The van der Waals surface area contributed by atoms with Crippen LogP contribution < -0.4 is 11.1 Å². The summed E-state index contributed by atoms with van der Waals surface area (Å²) in [7, 11) is 0. The molecule has 1 aromatic carbocycles. The molecule has 25 heavy (non-hydrogen) atoms. The van der Waals surface area contributed by atoms with Crippen LogP contribution in [0.2, 0.25) is 0 Å². The fourth-order valence-corrected chi connectivity index (χ4v) is 3.12. The third-order valence-corrected chi connectivity index (χ3v) is 4.60. The van der Waals surface area contributed by atoms with E-state index in [2.05, 4.69) is 16.9 Å². The van der Waals surface area contributed by atoms with Gasteiger partial charge in [0.25, 0.3) is 0 Å². The number of hydrogen-bond donors (Lipinski definition) is 2. The van der Waals surface area contributed by atoms with Crippen LogP contribution in [0.1, 0.15) is 21.6 Å². The van der Waals surface area contributed by atoms with Crippen LogP contribution in [0.5, 0.6) is 0 Å². The van der Waals surface area contributed by atoms with E-state index in [-0.39, 0.29) is 0 Å². The number of carbonyl (C=O) groups excluding carboxylic acids is 1. The van der Waals surface area contributed by atoms with Crippen LogP contribution in [0.4, 0.5) is 11.5 Å². The standard InChI is InChI=1S/C19H18N4OS/c1-3-5-15-12(2)21-19(16-6-4-11-25-16)23-18(15)22-14-9-7-13(8-10-14)17(20)24/h3-4,6-11H,1,5H2,2H3,(H2,20,24)(H,21,22,23). The molecule has 0 spiro atoms. The molecular formula is C19H18N4OS. The van der Waals surface area contributed by atoms with Gasteiger partial charge in [0.2, 0.25) is 5.91 Å². The average Bonchev–Trinajstić information content (AvgIpc) is 3.13. The molecule has 0 unspecified atom stereocenters. The molecule has 0 saturated carbocycles. The van der Waals surface area contributed by atoms with Gasteiger partial charge in [-0.1, -0.05) is 12.1 Å². The van der Waals surface area contributed by atoms with E-state index >= 15 is 0 Å². The Balaban J connectivity index is 2.00. The van der Waals surface area contributed by atoms with Gasteiger partial charge < -0.3 is 11.1 Å². The second kappa shape index (κ2) is 7.27. The van der Waals surface area contributed by atoms with Crippen molar-refractivity contribution in [2.45, 2.75) is 13.3 Å². The van der Waals surface area contributed by atoms with Gasteiger partial charge in [-0.2, -0.15) is 0 Å². The van der Waals surface area contributed by atoms with Crippen molar-refractivity contribution in [2.75, 3.05) is 5.32 Å². The van der Waals surface area contributed by atoms with Crippen LogP contribution in [0.3, 0.4) is 0 Å². The molecule has 6 heteroatoms. The van der Waals surface area contributed by atoms with Gasteiger partial charge in [-0.05, 0) is 49.1 Å². The molecule has 0 aliphatic rings. The minimum Gasteiger partial charge on any atom is -0.366 e. The van der Waals surface area contributed by atoms with E-state index in [1.807, 2.05) is 30.5 Å². The third kappa shape index (κ3) is 3.75. The zero-order valence-electron chi connectivity index (χ0n) is 13.8. The predicted octanol–water partition coefficient (Wildman–Crippen LogP) is 4.08. The molecule has 3 aromatic rings. The summed E-state index contributed by atoms with van der Waals surface area (Å²) in [6, 6.07) is 11.0. The molecule has 3 rings (SSSR count). The van der Waals surface area contributed by atoms with Crippen LogP contribution in [0, 0.1) is 6.92 Å². The Morgan fingerprint density at radius 2 is 2.04 bits per heavy atom. The van der Waals surface area contributed by atoms with E-state index in [1.165, 1.54) is 0 Å². The normalized spacial score (nSPS) is 10.4. The number of thiophene rings is 1. The lowest BCUT2D eigenvalue weighted by Gasteiger charge is -2.14. The molecule has 0 aliphatic heterocycles. The smallest absolute Gasteiger partial charge is 0.248 e. The lowest BCUT2D eigenvalue weighted by Crippen LogP contribution is -2.10. The van der Waals surface area contributed by atoms with E-state index in [1.54, 1.807) is 35.6 Å². The fraction of sp³-hybridized carbons (Fsp3) is 0.105. The minimum atomic E-state index is -0.447. The first-order valence-corrected chi connectivity index (χ1v) is 8.65. The number of aryl methyl sites for hydroxylation is 1. The van der Waals surface area contributed by atoms with Crippen LogP contribution in [-0.2, 0) is 6.42 Å². The number of benzene rings is 1. The number of rotatable bonds is 6. The highest BCUT2D eigenvalue weighted by molar-refractivity contribution is 7.13. The number of aromatic nitrogens is 2. The van der Waals surface area contributed by atoms with Crippen molar-refractivity contribution >= 4 is 28.7 Å². The maximum atomic E-state index is 11.2. The monoisotopic (exact) mass is 350 g/mol. The van der Waals surface area contributed by atoms with Crippen molar-refractivity contribution in [3.05, 3.63) is 71.3 Å².